The lowest BCUT2D eigenvalue weighted by Crippen LogP contribution is -2.13. The van der Waals surface area contributed by atoms with E-state index in [2.05, 4.69) is 12.2 Å². The molecule has 166 valence electrons. The van der Waals surface area contributed by atoms with Crippen LogP contribution in [0.4, 0.5) is 5.69 Å². The van der Waals surface area contributed by atoms with Crippen molar-refractivity contribution in [1.82, 2.24) is 0 Å². The first-order chi connectivity index (χ1) is 15.6. The second-order valence-corrected chi connectivity index (χ2v) is 7.32. The number of phenols is 1. The molecule has 3 rings (SSSR count). The van der Waals surface area contributed by atoms with Gasteiger partial charge in [0.15, 0.2) is 0 Å². The van der Waals surface area contributed by atoms with E-state index in [-0.39, 0.29) is 17.2 Å². The quantitative estimate of drug-likeness (QED) is 0.239. The fourth-order valence-electron chi connectivity index (χ4n) is 3.06. The van der Waals surface area contributed by atoms with Crippen LogP contribution in [0.2, 0.25) is 0 Å². The molecule has 6 nitrogen and oxygen atoms in total. The van der Waals surface area contributed by atoms with Gasteiger partial charge in [0.05, 0.1) is 6.61 Å². The molecule has 1 amide bonds. The third-order valence-electron chi connectivity index (χ3n) is 4.81. The van der Waals surface area contributed by atoms with E-state index in [9.17, 15) is 14.7 Å². The van der Waals surface area contributed by atoms with E-state index in [1.165, 1.54) is 31.0 Å². The highest BCUT2D eigenvalue weighted by Gasteiger charge is 2.15. The Morgan fingerprint density at radius 1 is 0.875 bits per heavy atom. The Hall–Kier alpha value is -3.80. The van der Waals surface area contributed by atoms with Crippen LogP contribution in [0.25, 0.3) is 0 Å². The lowest BCUT2D eigenvalue weighted by atomic mass is 10.1. The number of amides is 1. The van der Waals surface area contributed by atoms with Crippen molar-refractivity contribution in [2.45, 2.75) is 32.6 Å². The number of esters is 1. The Morgan fingerprint density at radius 3 is 2.31 bits per heavy atom. The van der Waals surface area contributed by atoms with Gasteiger partial charge in [0.2, 0.25) is 0 Å². The lowest BCUT2D eigenvalue weighted by molar-refractivity contribution is 0.0731. The highest BCUT2D eigenvalue weighted by molar-refractivity contribution is 6.05. The minimum Gasteiger partial charge on any atom is -0.507 e. The number of carbonyl (C=O) groups excluding carboxylic acids is 2. The SMILES string of the molecule is CCCCCCOc1ccc(C(=O)Nc2ccc(C(=O)Oc3ccccc3)c(O)c2)cc1. The van der Waals surface area contributed by atoms with E-state index in [1.54, 1.807) is 48.5 Å². The fourth-order valence-corrected chi connectivity index (χ4v) is 3.06. The minimum absolute atomic E-state index is 0.00675. The van der Waals surface area contributed by atoms with Gasteiger partial charge < -0.3 is 19.9 Å². The zero-order valence-electron chi connectivity index (χ0n) is 18.0. The minimum atomic E-state index is -0.683. The van der Waals surface area contributed by atoms with Gasteiger partial charge in [-0.2, -0.15) is 0 Å². The van der Waals surface area contributed by atoms with Crippen LogP contribution in [-0.4, -0.2) is 23.6 Å². The summed E-state index contributed by atoms with van der Waals surface area (Å²) < 4.78 is 10.9. The van der Waals surface area contributed by atoms with Gasteiger partial charge in [-0.1, -0.05) is 44.4 Å². The normalized spacial score (nSPS) is 10.4. The van der Waals surface area contributed by atoms with Crippen LogP contribution in [-0.2, 0) is 0 Å². The van der Waals surface area contributed by atoms with Gasteiger partial charge in [0.25, 0.3) is 5.91 Å². The summed E-state index contributed by atoms with van der Waals surface area (Å²) in [7, 11) is 0. The van der Waals surface area contributed by atoms with E-state index in [1.807, 2.05) is 6.07 Å². The summed E-state index contributed by atoms with van der Waals surface area (Å²) in [6.07, 6.45) is 4.54. The molecule has 6 heteroatoms. The zero-order valence-corrected chi connectivity index (χ0v) is 18.0. The number of benzene rings is 3. The third-order valence-corrected chi connectivity index (χ3v) is 4.81. The Kier molecular flexibility index (Phi) is 8.26. The summed E-state index contributed by atoms with van der Waals surface area (Å²) in [4.78, 5) is 24.8. The molecule has 0 atom stereocenters. The molecule has 0 aliphatic heterocycles. The van der Waals surface area contributed by atoms with E-state index in [0.29, 0.717) is 23.6 Å². The molecule has 0 saturated carbocycles. The first-order valence-corrected chi connectivity index (χ1v) is 10.7. The second-order valence-electron chi connectivity index (χ2n) is 7.32. The molecular formula is C26H27NO5. The van der Waals surface area contributed by atoms with Crippen molar-refractivity contribution < 1.29 is 24.2 Å². The van der Waals surface area contributed by atoms with E-state index >= 15 is 0 Å². The van der Waals surface area contributed by atoms with Crippen LogP contribution in [0.5, 0.6) is 17.2 Å². The van der Waals surface area contributed by atoms with Gasteiger partial charge in [-0.3, -0.25) is 4.79 Å². The van der Waals surface area contributed by atoms with Gasteiger partial charge in [0, 0.05) is 17.3 Å². The second kappa shape index (κ2) is 11.6. The van der Waals surface area contributed by atoms with Gasteiger partial charge in [-0.25, -0.2) is 4.79 Å². The Balaban J connectivity index is 1.55. The number of rotatable bonds is 10. The summed E-state index contributed by atoms with van der Waals surface area (Å²) in [5.74, 6) is -0.203. The molecule has 3 aromatic carbocycles. The fraction of sp³-hybridized carbons (Fsp3) is 0.231. The molecule has 0 bridgehead atoms. The molecule has 0 aromatic heterocycles. The molecule has 0 heterocycles. The molecular weight excluding hydrogens is 406 g/mol. The van der Waals surface area contributed by atoms with E-state index in [0.717, 1.165) is 18.6 Å². The Bertz CT molecular complexity index is 1030. The summed E-state index contributed by atoms with van der Waals surface area (Å²) in [5, 5.41) is 12.9. The number of carbonyl (C=O) groups is 2. The maximum Gasteiger partial charge on any atom is 0.347 e. The average Bonchev–Trinajstić information content (AvgIpc) is 2.80. The molecule has 0 unspecified atom stereocenters. The van der Waals surface area contributed by atoms with Crippen LogP contribution in [0.3, 0.4) is 0 Å². The highest BCUT2D eigenvalue weighted by atomic mass is 16.5. The number of para-hydroxylation sites is 1. The number of hydrogen-bond acceptors (Lipinski definition) is 5. The van der Waals surface area contributed by atoms with Crippen molar-refractivity contribution in [3.8, 4) is 17.2 Å². The maximum absolute atomic E-state index is 12.5. The molecule has 3 aromatic rings. The molecule has 2 N–H and O–H groups in total. The highest BCUT2D eigenvalue weighted by Crippen LogP contribution is 2.24. The average molecular weight is 434 g/mol. The van der Waals surface area contributed by atoms with Crippen molar-refractivity contribution in [2.24, 2.45) is 0 Å². The molecule has 0 radical (unpaired) electrons. The van der Waals surface area contributed by atoms with Gasteiger partial charge in [0.1, 0.15) is 22.8 Å². The number of hydrogen-bond donors (Lipinski definition) is 2. The predicted molar refractivity (Wildman–Crippen MR) is 124 cm³/mol. The smallest absolute Gasteiger partial charge is 0.347 e. The van der Waals surface area contributed by atoms with E-state index < -0.39 is 5.97 Å². The van der Waals surface area contributed by atoms with Crippen molar-refractivity contribution in [3.05, 3.63) is 83.9 Å². The van der Waals surface area contributed by atoms with Crippen LogP contribution in [0.1, 0.15) is 53.3 Å². The monoisotopic (exact) mass is 433 g/mol. The Labute approximate surface area is 187 Å². The molecule has 0 fully saturated rings. The standard InChI is InChI=1S/C26H27NO5/c1-2-3-4-8-17-31-21-14-11-19(12-15-21)25(29)27-20-13-16-23(24(28)18-20)26(30)32-22-9-6-5-7-10-22/h5-7,9-16,18,28H,2-4,8,17H2,1H3,(H,27,29). The van der Waals surface area contributed by atoms with Gasteiger partial charge >= 0.3 is 5.97 Å². The Morgan fingerprint density at radius 2 is 1.62 bits per heavy atom. The molecule has 0 saturated heterocycles. The van der Waals surface area contributed by atoms with Crippen molar-refractivity contribution in [2.75, 3.05) is 11.9 Å². The number of aromatic hydroxyl groups is 1. The van der Waals surface area contributed by atoms with E-state index in [4.69, 9.17) is 9.47 Å². The summed E-state index contributed by atoms with van der Waals surface area (Å²) >= 11 is 0. The third kappa shape index (κ3) is 6.60. The molecule has 0 aliphatic rings. The number of phenolic OH excluding ortho intramolecular Hbond substituents is 1. The van der Waals surface area contributed by atoms with Crippen LogP contribution < -0.4 is 14.8 Å². The molecule has 0 spiro atoms. The number of nitrogens with one attached hydrogen (secondary N) is 1. The topological polar surface area (TPSA) is 84.9 Å². The van der Waals surface area contributed by atoms with Crippen LogP contribution in [0, 0.1) is 0 Å². The summed E-state index contributed by atoms with van der Waals surface area (Å²) in [5.41, 5.74) is 0.822. The van der Waals surface area contributed by atoms with Gasteiger partial charge in [-0.05, 0) is 55.0 Å². The van der Waals surface area contributed by atoms with Crippen molar-refractivity contribution in [3.63, 3.8) is 0 Å². The maximum atomic E-state index is 12.5. The van der Waals surface area contributed by atoms with Crippen molar-refractivity contribution in [1.29, 1.82) is 0 Å². The molecule has 0 aliphatic carbocycles. The number of anilines is 1. The first kappa shape index (κ1) is 22.9. The first-order valence-electron chi connectivity index (χ1n) is 10.7. The summed E-state index contributed by atoms with van der Waals surface area (Å²) in [6.45, 7) is 2.82. The van der Waals surface area contributed by atoms with Crippen molar-refractivity contribution >= 4 is 17.6 Å². The number of ether oxygens (including phenoxy) is 2. The largest absolute Gasteiger partial charge is 0.507 e. The predicted octanol–water partition coefficient (Wildman–Crippen LogP) is 5.82. The molecule has 32 heavy (non-hydrogen) atoms. The van der Waals surface area contributed by atoms with Crippen LogP contribution in [0.15, 0.2) is 72.8 Å². The zero-order chi connectivity index (χ0) is 22.8. The van der Waals surface area contributed by atoms with Gasteiger partial charge in [-0.15, -0.1) is 0 Å². The lowest BCUT2D eigenvalue weighted by Gasteiger charge is -2.10. The summed E-state index contributed by atoms with van der Waals surface area (Å²) in [6, 6.07) is 19.7. The number of unbranched alkanes of at least 4 members (excludes halogenated alkanes) is 3. The van der Waals surface area contributed by atoms with Crippen LogP contribution >= 0.6 is 0 Å².